The average Bonchev–Trinajstić information content (AvgIpc) is 1.99. The summed E-state index contributed by atoms with van der Waals surface area (Å²) in [5.41, 5.74) is 6.95. The van der Waals surface area contributed by atoms with Crippen LogP contribution < -0.4 is 11.4 Å². The first-order chi connectivity index (χ1) is 6.79. The Morgan fingerprint density at radius 1 is 1.53 bits per heavy atom. The molecular formula is C11H19N3O. The number of nitrogens with two attached hydrogens (primary N) is 1. The summed E-state index contributed by atoms with van der Waals surface area (Å²) in [5, 5.41) is 0. The number of hydrogen-bond acceptors (Lipinski definition) is 3. The lowest BCUT2D eigenvalue weighted by atomic mass is 9.91. The first-order valence-electron chi connectivity index (χ1n) is 5.15. The summed E-state index contributed by atoms with van der Waals surface area (Å²) in [6.45, 7) is 8.01. The maximum absolute atomic E-state index is 11.3. The molecule has 4 nitrogen and oxygen atoms in total. The van der Waals surface area contributed by atoms with Gasteiger partial charge in [-0.15, -0.1) is 0 Å². The van der Waals surface area contributed by atoms with E-state index in [-0.39, 0.29) is 17.1 Å². The van der Waals surface area contributed by atoms with Gasteiger partial charge in [0.1, 0.15) is 0 Å². The Morgan fingerprint density at radius 3 is 2.60 bits per heavy atom. The van der Waals surface area contributed by atoms with Crippen LogP contribution in [0.1, 0.15) is 39.1 Å². The zero-order valence-corrected chi connectivity index (χ0v) is 9.79. The standard InChI is InChI=1S/C11H19N3O/c1-7(12)5-8-6-9(11(2,3)4)14-10(15)13-8/h6-7H,5,12H2,1-4H3,(H,13,14,15). The van der Waals surface area contributed by atoms with Crippen molar-refractivity contribution in [3.8, 4) is 0 Å². The van der Waals surface area contributed by atoms with Gasteiger partial charge in [-0.25, -0.2) is 4.79 Å². The quantitative estimate of drug-likeness (QED) is 0.762. The lowest BCUT2D eigenvalue weighted by Crippen LogP contribution is -2.25. The molecule has 1 heterocycles. The Morgan fingerprint density at radius 2 is 2.13 bits per heavy atom. The molecule has 4 heteroatoms. The van der Waals surface area contributed by atoms with Crippen molar-refractivity contribution in [1.29, 1.82) is 0 Å². The summed E-state index contributed by atoms with van der Waals surface area (Å²) in [7, 11) is 0. The Balaban J connectivity index is 3.11. The van der Waals surface area contributed by atoms with Crippen LogP contribution in [0.25, 0.3) is 0 Å². The van der Waals surface area contributed by atoms with Gasteiger partial charge in [0.15, 0.2) is 0 Å². The second kappa shape index (κ2) is 4.14. The third kappa shape index (κ3) is 3.47. The average molecular weight is 209 g/mol. The van der Waals surface area contributed by atoms with Crippen molar-refractivity contribution in [2.45, 2.75) is 45.6 Å². The third-order valence-corrected chi connectivity index (χ3v) is 2.11. The van der Waals surface area contributed by atoms with Crippen molar-refractivity contribution in [2.24, 2.45) is 5.73 Å². The molecule has 1 aromatic rings. The monoisotopic (exact) mass is 209 g/mol. The lowest BCUT2D eigenvalue weighted by Gasteiger charge is -2.18. The van der Waals surface area contributed by atoms with Gasteiger partial charge in [0, 0.05) is 23.6 Å². The summed E-state index contributed by atoms with van der Waals surface area (Å²) in [6.07, 6.45) is 0.668. The maximum Gasteiger partial charge on any atom is 0.345 e. The molecule has 0 spiro atoms. The van der Waals surface area contributed by atoms with Crippen molar-refractivity contribution < 1.29 is 0 Å². The molecule has 3 N–H and O–H groups in total. The molecule has 0 aliphatic heterocycles. The van der Waals surface area contributed by atoms with Gasteiger partial charge >= 0.3 is 5.69 Å². The van der Waals surface area contributed by atoms with E-state index in [1.54, 1.807) is 0 Å². The second-order valence-corrected chi connectivity index (χ2v) is 5.03. The highest BCUT2D eigenvalue weighted by atomic mass is 16.1. The SMILES string of the molecule is CC(N)Cc1cc(C(C)(C)C)nc(=O)[nH]1. The van der Waals surface area contributed by atoms with E-state index in [9.17, 15) is 4.79 Å². The number of aromatic nitrogens is 2. The van der Waals surface area contributed by atoms with Crippen molar-refractivity contribution in [1.82, 2.24) is 9.97 Å². The summed E-state index contributed by atoms with van der Waals surface area (Å²) >= 11 is 0. The van der Waals surface area contributed by atoms with Crippen molar-refractivity contribution in [3.05, 3.63) is 27.9 Å². The van der Waals surface area contributed by atoms with Gasteiger partial charge in [0.25, 0.3) is 0 Å². The van der Waals surface area contributed by atoms with Crippen molar-refractivity contribution >= 4 is 0 Å². The van der Waals surface area contributed by atoms with Crippen LogP contribution in [-0.2, 0) is 11.8 Å². The molecule has 0 bridgehead atoms. The number of rotatable bonds is 2. The van der Waals surface area contributed by atoms with Crippen LogP contribution >= 0.6 is 0 Å². The van der Waals surface area contributed by atoms with Crippen molar-refractivity contribution in [3.63, 3.8) is 0 Å². The van der Waals surface area contributed by atoms with Crippen LogP contribution in [0.4, 0.5) is 0 Å². The Labute approximate surface area is 89.9 Å². The van der Waals surface area contributed by atoms with E-state index >= 15 is 0 Å². The normalized spacial score (nSPS) is 13.9. The van der Waals surface area contributed by atoms with Crippen LogP contribution in [0.3, 0.4) is 0 Å². The van der Waals surface area contributed by atoms with Crippen LogP contribution in [0.5, 0.6) is 0 Å². The van der Waals surface area contributed by atoms with Gasteiger partial charge in [-0.05, 0) is 13.0 Å². The number of nitrogens with zero attached hydrogens (tertiary/aromatic N) is 1. The molecule has 15 heavy (non-hydrogen) atoms. The lowest BCUT2D eigenvalue weighted by molar-refractivity contribution is 0.559. The van der Waals surface area contributed by atoms with Crippen LogP contribution in [0.15, 0.2) is 10.9 Å². The molecule has 0 aliphatic rings. The predicted octanol–water partition coefficient (Wildman–Crippen LogP) is 0.957. The van der Waals surface area contributed by atoms with Crippen molar-refractivity contribution in [2.75, 3.05) is 0 Å². The fraction of sp³-hybridized carbons (Fsp3) is 0.636. The largest absolute Gasteiger partial charge is 0.345 e. The van der Waals surface area contributed by atoms with E-state index < -0.39 is 0 Å². The molecular weight excluding hydrogens is 190 g/mol. The molecule has 0 saturated heterocycles. The minimum absolute atomic E-state index is 0.0378. The van der Waals surface area contributed by atoms with Gasteiger partial charge in [-0.2, -0.15) is 4.98 Å². The minimum Gasteiger partial charge on any atom is -0.328 e. The molecule has 0 radical (unpaired) electrons. The van der Waals surface area contributed by atoms with Crippen LogP contribution in [0, 0.1) is 0 Å². The molecule has 0 saturated carbocycles. The summed E-state index contributed by atoms with van der Waals surface area (Å²) in [5.74, 6) is 0. The molecule has 0 fully saturated rings. The molecule has 0 amide bonds. The Bertz CT molecular complexity index is 388. The molecule has 1 atom stereocenters. The third-order valence-electron chi connectivity index (χ3n) is 2.11. The van der Waals surface area contributed by atoms with Crippen LogP contribution in [0.2, 0.25) is 0 Å². The van der Waals surface area contributed by atoms with E-state index in [2.05, 4.69) is 9.97 Å². The zero-order chi connectivity index (χ0) is 11.6. The second-order valence-electron chi connectivity index (χ2n) is 5.03. The van der Waals surface area contributed by atoms with Gasteiger partial charge in [0.05, 0.1) is 5.69 Å². The smallest absolute Gasteiger partial charge is 0.328 e. The highest BCUT2D eigenvalue weighted by Crippen LogP contribution is 2.19. The summed E-state index contributed by atoms with van der Waals surface area (Å²) in [4.78, 5) is 18.0. The van der Waals surface area contributed by atoms with Gasteiger partial charge in [-0.3, -0.25) is 0 Å². The predicted molar refractivity (Wildman–Crippen MR) is 60.9 cm³/mol. The van der Waals surface area contributed by atoms with Crippen LogP contribution in [-0.4, -0.2) is 16.0 Å². The van der Waals surface area contributed by atoms with E-state index in [0.717, 1.165) is 11.4 Å². The van der Waals surface area contributed by atoms with E-state index in [4.69, 9.17) is 5.73 Å². The number of H-pyrrole nitrogens is 1. The molecule has 84 valence electrons. The number of hydrogen-bond donors (Lipinski definition) is 2. The number of nitrogens with one attached hydrogen (secondary N) is 1. The van der Waals surface area contributed by atoms with Gasteiger partial charge in [0.2, 0.25) is 0 Å². The molecule has 1 unspecified atom stereocenters. The minimum atomic E-state index is -0.293. The highest BCUT2D eigenvalue weighted by molar-refractivity contribution is 5.16. The Hall–Kier alpha value is -1.16. The maximum atomic E-state index is 11.3. The summed E-state index contributed by atoms with van der Waals surface area (Å²) in [6, 6.07) is 1.96. The zero-order valence-electron chi connectivity index (χ0n) is 9.79. The van der Waals surface area contributed by atoms with Gasteiger partial charge in [-0.1, -0.05) is 20.8 Å². The topological polar surface area (TPSA) is 71.8 Å². The number of aromatic amines is 1. The summed E-state index contributed by atoms with van der Waals surface area (Å²) < 4.78 is 0. The molecule has 1 rings (SSSR count). The molecule has 0 aliphatic carbocycles. The molecule has 1 aromatic heterocycles. The molecule has 0 aromatic carbocycles. The fourth-order valence-corrected chi connectivity index (χ4v) is 1.35. The first-order valence-corrected chi connectivity index (χ1v) is 5.15. The van der Waals surface area contributed by atoms with E-state index in [0.29, 0.717) is 6.42 Å². The van der Waals surface area contributed by atoms with E-state index in [1.165, 1.54) is 0 Å². The fourth-order valence-electron chi connectivity index (χ4n) is 1.35. The first kappa shape index (κ1) is 11.9. The van der Waals surface area contributed by atoms with Gasteiger partial charge < -0.3 is 10.7 Å². The van der Waals surface area contributed by atoms with E-state index in [1.807, 2.05) is 33.8 Å². The Kier molecular flexibility index (Phi) is 3.29. The highest BCUT2D eigenvalue weighted by Gasteiger charge is 2.17.